The van der Waals surface area contributed by atoms with Crippen LogP contribution in [-0.4, -0.2) is 0 Å². The van der Waals surface area contributed by atoms with Crippen molar-refractivity contribution in [2.75, 3.05) is 11.5 Å². The van der Waals surface area contributed by atoms with E-state index in [1.54, 1.807) is 23.9 Å². The van der Waals surface area contributed by atoms with Crippen molar-refractivity contribution in [3.8, 4) is 0 Å². The van der Waals surface area contributed by atoms with E-state index in [0.717, 1.165) is 9.79 Å². The molecule has 0 aliphatic rings. The molecule has 17 heavy (non-hydrogen) atoms. The van der Waals surface area contributed by atoms with Gasteiger partial charge in [0.25, 0.3) is 0 Å². The Morgan fingerprint density at radius 2 is 1.18 bits per heavy atom. The molecule has 88 valence electrons. The zero-order valence-corrected chi connectivity index (χ0v) is 11.1. The largest absolute Gasteiger partial charge is 0.398 e. The number of rotatable bonds is 2. The van der Waals surface area contributed by atoms with Crippen LogP contribution in [0.15, 0.2) is 46.2 Å². The Balaban J connectivity index is 2.25. The summed E-state index contributed by atoms with van der Waals surface area (Å²) >= 11 is 13.5. The van der Waals surface area contributed by atoms with Crippen LogP contribution in [0, 0.1) is 0 Å². The summed E-state index contributed by atoms with van der Waals surface area (Å²) in [6.07, 6.45) is 0. The molecule has 2 aromatic carbocycles. The summed E-state index contributed by atoms with van der Waals surface area (Å²) in [4.78, 5) is 2.01. The van der Waals surface area contributed by atoms with E-state index in [-0.39, 0.29) is 0 Å². The van der Waals surface area contributed by atoms with Crippen LogP contribution >= 0.6 is 35.0 Å². The van der Waals surface area contributed by atoms with E-state index in [9.17, 15) is 0 Å². The first-order valence-corrected chi connectivity index (χ1v) is 6.41. The maximum atomic E-state index is 5.95. The summed E-state index contributed by atoms with van der Waals surface area (Å²) in [5.41, 5.74) is 12.4. The van der Waals surface area contributed by atoms with Gasteiger partial charge < -0.3 is 11.5 Å². The highest BCUT2D eigenvalue weighted by molar-refractivity contribution is 7.99. The third-order valence-electron chi connectivity index (χ3n) is 2.18. The molecule has 0 heterocycles. The van der Waals surface area contributed by atoms with Crippen LogP contribution in [0.1, 0.15) is 0 Å². The highest BCUT2D eigenvalue weighted by Crippen LogP contribution is 2.34. The van der Waals surface area contributed by atoms with Gasteiger partial charge in [0, 0.05) is 9.79 Å². The fourth-order valence-electron chi connectivity index (χ4n) is 1.28. The normalized spacial score (nSPS) is 10.5. The summed E-state index contributed by atoms with van der Waals surface area (Å²) in [5, 5.41) is 1.10. The zero-order chi connectivity index (χ0) is 12.4. The van der Waals surface area contributed by atoms with Crippen LogP contribution in [0.5, 0.6) is 0 Å². The maximum absolute atomic E-state index is 5.95. The van der Waals surface area contributed by atoms with Crippen LogP contribution in [0.3, 0.4) is 0 Å². The predicted octanol–water partition coefficient (Wildman–Crippen LogP) is 4.31. The molecule has 0 atom stereocenters. The molecule has 0 radical (unpaired) electrons. The molecule has 4 N–H and O–H groups in total. The van der Waals surface area contributed by atoms with Crippen molar-refractivity contribution in [3.63, 3.8) is 0 Å². The molecule has 0 aliphatic carbocycles. The number of hydrogen-bond donors (Lipinski definition) is 2. The van der Waals surface area contributed by atoms with Gasteiger partial charge in [-0.25, -0.2) is 0 Å². The highest BCUT2D eigenvalue weighted by atomic mass is 35.5. The second-order valence-corrected chi connectivity index (χ2v) is 5.43. The van der Waals surface area contributed by atoms with Crippen LogP contribution < -0.4 is 11.5 Å². The number of nitrogen functional groups attached to an aromatic ring is 2. The van der Waals surface area contributed by atoms with E-state index < -0.39 is 0 Å². The van der Waals surface area contributed by atoms with Crippen molar-refractivity contribution >= 4 is 46.3 Å². The average molecular weight is 285 g/mol. The van der Waals surface area contributed by atoms with Crippen molar-refractivity contribution in [2.45, 2.75) is 9.79 Å². The molecule has 0 bridgehead atoms. The molecule has 0 saturated carbocycles. The lowest BCUT2D eigenvalue weighted by molar-refractivity contribution is 1.41. The summed E-state index contributed by atoms with van der Waals surface area (Å²) in [5.74, 6) is 0. The number of anilines is 2. The van der Waals surface area contributed by atoms with E-state index in [2.05, 4.69) is 0 Å². The molecule has 5 heteroatoms. The number of halogens is 2. The Kier molecular flexibility index (Phi) is 3.72. The zero-order valence-electron chi connectivity index (χ0n) is 8.78. The quantitative estimate of drug-likeness (QED) is 0.808. The molecule has 2 rings (SSSR count). The van der Waals surface area contributed by atoms with Crippen molar-refractivity contribution in [3.05, 3.63) is 46.4 Å². The van der Waals surface area contributed by atoms with Gasteiger partial charge >= 0.3 is 0 Å². The summed E-state index contributed by atoms with van der Waals surface area (Å²) in [7, 11) is 0. The van der Waals surface area contributed by atoms with Crippen molar-refractivity contribution in [1.82, 2.24) is 0 Å². The minimum atomic E-state index is 0.552. The molecule has 2 nitrogen and oxygen atoms in total. The van der Waals surface area contributed by atoms with Gasteiger partial charge in [0.05, 0.1) is 21.4 Å². The third-order valence-corrected chi connectivity index (χ3v) is 3.81. The van der Waals surface area contributed by atoms with Crippen LogP contribution in [0.2, 0.25) is 10.0 Å². The van der Waals surface area contributed by atoms with E-state index in [0.29, 0.717) is 21.4 Å². The Labute approximate surface area is 114 Å². The van der Waals surface area contributed by atoms with E-state index in [1.807, 2.05) is 24.3 Å². The number of hydrogen-bond acceptors (Lipinski definition) is 3. The van der Waals surface area contributed by atoms with Crippen molar-refractivity contribution < 1.29 is 0 Å². The number of nitrogens with two attached hydrogens (primary N) is 2. The van der Waals surface area contributed by atoms with E-state index in [4.69, 9.17) is 34.7 Å². The SMILES string of the molecule is Nc1ccc(Sc2ccc(N)c(Cl)c2)cc1Cl. The second-order valence-electron chi connectivity index (χ2n) is 3.47. The average Bonchev–Trinajstić information content (AvgIpc) is 2.29. The summed E-state index contributed by atoms with van der Waals surface area (Å²) < 4.78 is 0. The fraction of sp³-hybridized carbons (Fsp3) is 0. The third kappa shape index (κ3) is 3.00. The van der Waals surface area contributed by atoms with Gasteiger partial charge in [-0.15, -0.1) is 0 Å². The van der Waals surface area contributed by atoms with Gasteiger partial charge in [0.15, 0.2) is 0 Å². The lowest BCUT2D eigenvalue weighted by atomic mass is 10.3. The molecular weight excluding hydrogens is 275 g/mol. The lowest BCUT2D eigenvalue weighted by Gasteiger charge is -2.05. The van der Waals surface area contributed by atoms with Gasteiger partial charge in [-0.1, -0.05) is 35.0 Å². The minimum Gasteiger partial charge on any atom is -0.398 e. The van der Waals surface area contributed by atoms with Crippen LogP contribution in [0.4, 0.5) is 11.4 Å². The highest BCUT2D eigenvalue weighted by Gasteiger charge is 2.03. The Bertz CT molecular complexity index is 509. The first-order chi connectivity index (χ1) is 8.06. The first-order valence-electron chi connectivity index (χ1n) is 4.84. The monoisotopic (exact) mass is 284 g/mol. The molecule has 0 unspecified atom stereocenters. The Morgan fingerprint density at radius 1 is 0.765 bits per heavy atom. The molecule has 2 aromatic rings. The first kappa shape index (κ1) is 12.4. The second kappa shape index (κ2) is 5.08. The molecule has 0 amide bonds. The molecular formula is C12H10Cl2N2S. The predicted molar refractivity (Wildman–Crippen MR) is 75.9 cm³/mol. The smallest absolute Gasteiger partial charge is 0.0646 e. The Hall–Kier alpha value is -1.03. The maximum Gasteiger partial charge on any atom is 0.0646 e. The standard InChI is InChI=1S/C12H10Cl2N2S/c13-9-5-7(1-3-11(9)15)17-8-2-4-12(16)10(14)6-8/h1-6H,15-16H2. The van der Waals surface area contributed by atoms with E-state index >= 15 is 0 Å². The number of benzene rings is 2. The summed E-state index contributed by atoms with van der Waals surface area (Å²) in [6.45, 7) is 0. The van der Waals surface area contributed by atoms with Crippen LogP contribution in [0.25, 0.3) is 0 Å². The topological polar surface area (TPSA) is 52.0 Å². The molecule has 0 aliphatic heterocycles. The van der Waals surface area contributed by atoms with Crippen molar-refractivity contribution in [1.29, 1.82) is 0 Å². The van der Waals surface area contributed by atoms with Crippen LogP contribution in [-0.2, 0) is 0 Å². The molecule has 0 spiro atoms. The van der Waals surface area contributed by atoms with Crippen molar-refractivity contribution in [2.24, 2.45) is 0 Å². The lowest BCUT2D eigenvalue weighted by Crippen LogP contribution is -1.87. The minimum absolute atomic E-state index is 0.552. The van der Waals surface area contributed by atoms with E-state index in [1.165, 1.54) is 0 Å². The fourth-order valence-corrected chi connectivity index (χ4v) is 2.67. The van der Waals surface area contributed by atoms with Gasteiger partial charge in [0.2, 0.25) is 0 Å². The molecule has 0 fully saturated rings. The van der Waals surface area contributed by atoms with Gasteiger partial charge in [-0.2, -0.15) is 0 Å². The summed E-state index contributed by atoms with van der Waals surface area (Å²) in [6, 6.07) is 11.0. The van der Waals surface area contributed by atoms with Gasteiger partial charge in [-0.05, 0) is 36.4 Å². The van der Waals surface area contributed by atoms with Gasteiger partial charge in [-0.3, -0.25) is 0 Å². The Morgan fingerprint density at radius 3 is 1.53 bits per heavy atom. The van der Waals surface area contributed by atoms with Gasteiger partial charge in [0.1, 0.15) is 0 Å². The molecule has 0 aromatic heterocycles. The molecule has 0 saturated heterocycles.